The smallest absolute Gasteiger partial charge is 0.156 e. The van der Waals surface area contributed by atoms with Crippen LogP contribution in [0.1, 0.15) is 17.0 Å². The molecule has 0 aliphatic rings. The van der Waals surface area contributed by atoms with Gasteiger partial charge in [-0.1, -0.05) is 23.2 Å². The maximum atomic E-state index is 8.87. The molecule has 0 fully saturated rings. The Labute approximate surface area is 108 Å². The molecule has 0 atom stereocenters. The lowest BCUT2D eigenvalue weighted by molar-refractivity contribution is 0.806. The molecule has 17 heavy (non-hydrogen) atoms. The highest BCUT2D eigenvalue weighted by Crippen LogP contribution is 2.22. The summed E-state index contributed by atoms with van der Waals surface area (Å²) in [6, 6.07) is 5.13. The zero-order valence-corrected chi connectivity index (χ0v) is 10.7. The maximum absolute atomic E-state index is 8.87. The summed E-state index contributed by atoms with van der Waals surface area (Å²) in [6.45, 7) is 3.64. The molecular formula is C11H8Cl2N4. The third-order valence-corrected chi connectivity index (χ3v) is 3.07. The summed E-state index contributed by atoms with van der Waals surface area (Å²) in [4.78, 5) is 4.12. The van der Waals surface area contributed by atoms with Gasteiger partial charge in [-0.15, -0.1) is 0 Å². The molecule has 2 rings (SSSR count). The zero-order valence-electron chi connectivity index (χ0n) is 9.20. The molecule has 0 aliphatic carbocycles. The first-order valence-electron chi connectivity index (χ1n) is 4.82. The monoisotopic (exact) mass is 266 g/mol. The van der Waals surface area contributed by atoms with Crippen molar-refractivity contribution in [3.8, 4) is 11.9 Å². The van der Waals surface area contributed by atoms with Crippen LogP contribution >= 0.6 is 23.2 Å². The van der Waals surface area contributed by atoms with Crippen LogP contribution in [0.2, 0.25) is 10.2 Å². The predicted molar refractivity (Wildman–Crippen MR) is 65.6 cm³/mol. The van der Waals surface area contributed by atoms with E-state index in [4.69, 9.17) is 28.5 Å². The van der Waals surface area contributed by atoms with Crippen LogP contribution in [-0.4, -0.2) is 14.8 Å². The number of nitrogens with zero attached hydrogens (tertiary/aromatic N) is 4. The molecule has 0 N–H and O–H groups in total. The number of rotatable bonds is 1. The summed E-state index contributed by atoms with van der Waals surface area (Å²) in [6.07, 6.45) is 0. The minimum atomic E-state index is 0.253. The fourth-order valence-corrected chi connectivity index (χ4v) is 1.82. The number of hydrogen-bond donors (Lipinski definition) is 0. The van der Waals surface area contributed by atoms with Crippen LogP contribution < -0.4 is 0 Å². The first-order chi connectivity index (χ1) is 8.02. The lowest BCUT2D eigenvalue weighted by atomic mass is 10.3. The van der Waals surface area contributed by atoms with Gasteiger partial charge in [0.15, 0.2) is 5.82 Å². The lowest BCUT2D eigenvalue weighted by Gasteiger charge is -2.04. The van der Waals surface area contributed by atoms with Crippen molar-refractivity contribution in [2.24, 2.45) is 0 Å². The Bertz CT molecular complexity index is 625. The molecule has 4 nitrogen and oxygen atoms in total. The van der Waals surface area contributed by atoms with Gasteiger partial charge in [0.2, 0.25) is 0 Å². The fraction of sp³-hybridized carbons (Fsp3) is 0.182. The van der Waals surface area contributed by atoms with E-state index in [0.717, 1.165) is 5.69 Å². The van der Waals surface area contributed by atoms with Crippen molar-refractivity contribution >= 4 is 23.2 Å². The van der Waals surface area contributed by atoms with Crippen molar-refractivity contribution in [1.29, 1.82) is 5.26 Å². The minimum absolute atomic E-state index is 0.253. The van der Waals surface area contributed by atoms with Gasteiger partial charge in [0.05, 0.1) is 28.0 Å². The summed E-state index contributed by atoms with van der Waals surface area (Å²) >= 11 is 11.9. The van der Waals surface area contributed by atoms with E-state index in [1.54, 1.807) is 10.7 Å². The Kier molecular flexibility index (Phi) is 3.05. The van der Waals surface area contributed by atoms with Crippen LogP contribution in [0.4, 0.5) is 0 Å². The second-order valence-corrected chi connectivity index (χ2v) is 4.31. The van der Waals surface area contributed by atoms with Gasteiger partial charge in [-0.05, 0) is 19.9 Å². The summed E-state index contributed by atoms with van der Waals surface area (Å²) in [5.41, 5.74) is 1.91. The van der Waals surface area contributed by atoms with Gasteiger partial charge >= 0.3 is 0 Å². The number of hydrogen-bond acceptors (Lipinski definition) is 3. The second kappa shape index (κ2) is 4.36. The first kappa shape index (κ1) is 11.9. The van der Waals surface area contributed by atoms with Gasteiger partial charge < -0.3 is 0 Å². The third kappa shape index (κ3) is 2.12. The quantitative estimate of drug-likeness (QED) is 0.746. The van der Waals surface area contributed by atoms with Gasteiger partial charge in [-0.2, -0.15) is 10.4 Å². The van der Waals surface area contributed by atoms with E-state index in [2.05, 4.69) is 10.1 Å². The predicted octanol–water partition coefficient (Wildman–Crippen LogP) is 3.06. The Hall–Kier alpha value is -1.57. The lowest BCUT2D eigenvalue weighted by Crippen LogP contribution is -2.02. The van der Waals surface area contributed by atoms with E-state index in [-0.39, 0.29) is 5.15 Å². The van der Waals surface area contributed by atoms with Crippen molar-refractivity contribution in [3.63, 3.8) is 0 Å². The molecular weight excluding hydrogens is 259 g/mol. The van der Waals surface area contributed by atoms with E-state index < -0.39 is 0 Å². The molecule has 2 aromatic heterocycles. The van der Waals surface area contributed by atoms with Crippen molar-refractivity contribution in [3.05, 3.63) is 39.3 Å². The topological polar surface area (TPSA) is 54.5 Å². The highest BCUT2D eigenvalue weighted by Gasteiger charge is 2.12. The van der Waals surface area contributed by atoms with Crippen LogP contribution in [0.25, 0.3) is 5.82 Å². The van der Waals surface area contributed by atoms with Crippen LogP contribution in [0.5, 0.6) is 0 Å². The van der Waals surface area contributed by atoms with E-state index in [1.165, 1.54) is 6.07 Å². The maximum Gasteiger partial charge on any atom is 0.156 e. The Morgan fingerprint density at radius 3 is 2.53 bits per heavy atom. The van der Waals surface area contributed by atoms with Gasteiger partial charge in [0.1, 0.15) is 5.15 Å². The molecule has 0 spiro atoms. The second-order valence-electron chi connectivity index (χ2n) is 3.55. The Balaban J connectivity index is 2.65. The van der Waals surface area contributed by atoms with Crippen LogP contribution in [-0.2, 0) is 0 Å². The van der Waals surface area contributed by atoms with Crippen molar-refractivity contribution in [2.45, 2.75) is 13.8 Å². The largest absolute Gasteiger partial charge is 0.218 e. The number of pyridine rings is 1. The molecule has 0 aliphatic heterocycles. The Morgan fingerprint density at radius 2 is 2.00 bits per heavy atom. The number of halogens is 2. The highest BCUT2D eigenvalue weighted by atomic mass is 35.5. The molecule has 0 aromatic carbocycles. The van der Waals surface area contributed by atoms with Gasteiger partial charge in [-0.25, -0.2) is 9.67 Å². The number of nitriles is 1. The SMILES string of the molecule is Cc1nn(-c2cc(C#N)cc(Cl)n2)c(C)c1Cl. The minimum Gasteiger partial charge on any atom is -0.218 e. The standard InChI is InChI=1S/C11H8Cl2N4/c1-6-11(13)7(2)17(16-6)10-4-8(5-14)3-9(12)15-10/h3-4H,1-2H3. The van der Waals surface area contributed by atoms with E-state index in [0.29, 0.717) is 22.1 Å². The highest BCUT2D eigenvalue weighted by molar-refractivity contribution is 6.31. The summed E-state index contributed by atoms with van der Waals surface area (Å²) in [5, 5.41) is 14.0. The molecule has 2 heterocycles. The van der Waals surface area contributed by atoms with Gasteiger partial charge in [0, 0.05) is 6.07 Å². The van der Waals surface area contributed by atoms with Gasteiger partial charge in [0.25, 0.3) is 0 Å². The third-order valence-electron chi connectivity index (χ3n) is 2.33. The van der Waals surface area contributed by atoms with E-state index in [9.17, 15) is 0 Å². The molecule has 0 amide bonds. The van der Waals surface area contributed by atoms with E-state index in [1.807, 2.05) is 19.9 Å². The summed E-state index contributed by atoms with van der Waals surface area (Å²) in [7, 11) is 0. The van der Waals surface area contributed by atoms with Crippen molar-refractivity contribution in [2.75, 3.05) is 0 Å². The molecule has 86 valence electrons. The average molecular weight is 267 g/mol. The average Bonchev–Trinajstić information content (AvgIpc) is 2.56. The molecule has 0 saturated heterocycles. The molecule has 0 saturated carbocycles. The zero-order chi connectivity index (χ0) is 12.6. The van der Waals surface area contributed by atoms with Crippen molar-refractivity contribution < 1.29 is 0 Å². The molecule has 0 unspecified atom stereocenters. The molecule has 2 aromatic rings. The number of aryl methyl sites for hydroxylation is 1. The molecule has 6 heteroatoms. The fourth-order valence-electron chi connectivity index (χ4n) is 1.50. The van der Waals surface area contributed by atoms with Crippen LogP contribution in [0.15, 0.2) is 12.1 Å². The molecule has 0 bridgehead atoms. The van der Waals surface area contributed by atoms with Crippen molar-refractivity contribution in [1.82, 2.24) is 14.8 Å². The summed E-state index contributed by atoms with van der Waals surface area (Å²) < 4.78 is 1.57. The first-order valence-corrected chi connectivity index (χ1v) is 5.58. The van der Waals surface area contributed by atoms with Crippen LogP contribution in [0.3, 0.4) is 0 Å². The van der Waals surface area contributed by atoms with E-state index >= 15 is 0 Å². The van der Waals surface area contributed by atoms with Crippen LogP contribution in [0, 0.1) is 25.2 Å². The Morgan fingerprint density at radius 1 is 1.29 bits per heavy atom. The normalized spacial score (nSPS) is 10.3. The number of aromatic nitrogens is 3. The molecule has 0 radical (unpaired) electrons. The summed E-state index contributed by atoms with van der Waals surface area (Å²) in [5.74, 6) is 0.488. The van der Waals surface area contributed by atoms with Gasteiger partial charge in [-0.3, -0.25) is 0 Å².